The number of nitrogens with zero attached hydrogens (tertiary/aromatic N) is 2. The second-order valence-corrected chi connectivity index (χ2v) is 12.5. The quantitative estimate of drug-likeness (QED) is 0.284. The zero-order valence-corrected chi connectivity index (χ0v) is 25.5. The van der Waals surface area contributed by atoms with Crippen molar-refractivity contribution in [3.05, 3.63) is 95.0 Å². The number of hydrogen-bond donors (Lipinski definition) is 1. The highest BCUT2D eigenvalue weighted by atomic mass is 35.5. The van der Waals surface area contributed by atoms with Gasteiger partial charge >= 0.3 is 0 Å². The third-order valence-corrected chi connectivity index (χ3v) is 7.71. The average Bonchev–Trinajstić information content (AvgIpc) is 2.93. The number of benzene rings is 3. The molecule has 0 bridgehead atoms. The van der Waals surface area contributed by atoms with Gasteiger partial charge in [-0.1, -0.05) is 80.0 Å². The normalized spacial score (nSPS) is 12.0. The molecule has 3 rings (SSSR count). The molecule has 0 heterocycles. The van der Waals surface area contributed by atoms with Crippen LogP contribution < -0.4 is 14.4 Å². The number of halogens is 1. The Labute approximate surface area is 248 Å². The summed E-state index contributed by atoms with van der Waals surface area (Å²) >= 11 is 6.10. The highest BCUT2D eigenvalue weighted by Gasteiger charge is 2.33. The minimum absolute atomic E-state index is 0.0767. The number of hydrogen-bond acceptors (Lipinski definition) is 5. The van der Waals surface area contributed by atoms with Gasteiger partial charge in [-0.25, -0.2) is 8.42 Å². The van der Waals surface area contributed by atoms with E-state index >= 15 is 0 Å². The fourth-order valence-corrected chi connectivity index (χ4v) is 5.28. The first-order valence-corrected chi connectivity index (χ1v) is 15.8. The van der Waals surface area contributed by atoms with E-state index < -0.39 is 28.5 Å². The molecule has 10 heteroatoms. The Balaban J connectivity index is 2.06. The van der Waals surface area contributed by atoms with Gasteiger partial charge in [0.25, 0.3) is 0 Å². The standard InChI is InChI=1S/C31H38ClN3O5S/c1-5-40-29-14-10-9-13-27(29)35(41(4,38)39)22-30(36)34(21-25-15-17-26(32)18-16-25)28(31(37)33-20-23(2)3)19-24-11-7-6-8-12-24/h6-18,23,28H,5,19-22H2,1-4H3,(H,33,37)/t28-/m1/s1. The molecular formula is C31H38ClN3O5S. The van der Waals surface area contributed by atoms with Gasteiger partial charge in [0.05, 0.1) is 18.6 Å². The van der Waals surface area contributed by atoms with Crippen LogP contribution in [0.2, 0.25) is 5.02 Å². The Bertz CT molecular complexity index is 1400. The van der Waals surface area contributed by atoms with Crippen molar-refractivity contribution in [1.82, 2.24) is 10.2 Å². The van der Waals surface area contributed by atoms with Crippen molar-refractivity contribution < 1.29 is 22.7 Å². The van der Waals surface area contributed by atoms with E-state index in [0.717, 1.165) is 21.7 Å². The number of carbonyl (C=O) groups is 2. The lowest BCUT2D eigenvalue weighted by Crippen LogP contribution is -2.53. The Morgan fingerprint density at radius 3 is 2.17 bits per heavy atom. The summed E-state index contributed by atoms with van der Waals surface area (Å²) in [5, 5.41) is 3.51. The van der Waals surface area contributed by atoms with Crippen LogP contribution in [-0.2, 0) is 32.6 Å². The van der Waals surface area contributed by atoms with Gasteiger partial charge in [0.2, 0.25) is 21.8 Å². The fraction of sp³-hybridized carbons (Fsp3) is 0.355. The molecular weight excluding hydrogens is 562 g/mol. The second-order valence-electron chi connectivity index (χ2n) is 10.2. The van der Waals surface area contributed by atoms with Crippen LogP contribution in [0.25, 0.3) is 0 Å². The molecule has 0 radical (unpaired) electrons. The van der Waals surface area contributed by atoms with Gasteiger partial charge < -0.3 is 15.0 Å². The van der Waals surface area contributed by atoms with Crippen LogP contribution in [0.3, 0.4) is 0 Å². The second kappa shape index (κ2) is 14.9. The van der Waals surface area contributed by atoms with Crippen LogP contribution in [0.15, 0.2) is 78.9 Å². The maximum absolute atomic E-state index is 14.2. The summed E-state index contributed by atoms with van der Waals surface area (Å²) in [5.74, 6) is -0.302. The molecule has 8 nitrogen and oxygen atoms in total. The molecule has 0 saturated heterocycles. The monoisotopic (exact) mass is 599 g/mol. The first-order chi connectivity index (χ1) is 19.5. The van der Waals surface area contributed by atoms with Crippen molar-refractivity contribution in [2.45, 2.75) is 39.8 Å². The summed E-state index contributed by atoms with van der Waals surface area (Å²) in [7, 11) is -3.90. The zero-order chi connectivity index (χ0) is 30.0. The molecule has 3 aromatic rings. The highest BCUT2D eigenvalue weighted by molar-refractivity contribution is 7.92. The van der Waals surface area contributed by atoms with Gasteiger partial charge in [-0.2, -0.15) is 0 Å². The fourth-order valence-electron chi connectivity index (χ4n) is 4.30. The van der Waals surface area contributed by atoms with E-state index in [4.69, 9.17) is 16.3 Å². The van der Waals surface area contributed by atoms with E-state index in [-0.39, 0.29) is 30.5 Å². The summed E-state index contributed by atoms with van der Waals surface area (Å²) < 4.78 is 32.7. The number of ether oxygens (including phenoxy) is 1. The first kappa shape index (κ1) is 32.0. The van der Waals surface area contributed by atoms with Gasteiger partial charge in [-0.3, -0.25) is 13.9 Å². The number of rotatable bonds is 14. The molecule has 0 saturated carbocycles. The molecule has 0 unspecified atom stereocenters. The van der Waals surface area contributed by atoms with Crippen molar-refractivity contribution in [1.29, 1.82) is 0 Å². The number of anilines is 1. The molecule has 0 aliphatic carbocycles. The van der Waals surface area contributed by atoms with E-state index in [2.05, 4.69) is 5.32 Å². The van der Waals surface area contributed by atoms with Gasteiger partial charge in [-0.05, 0) is 48.2 Å². The predicted octanol–water partition coefficient (Wildman–Crippen LogP) is 4.92. The summed E-state index contributed by atoms with van der Waals surface area (Å²) in [4.78, 5) is 29.3. The number of nitrogens with one attached hydrogen (secondary N) is 1. The van der Waals surface area contributed by atoms with Gasteiger partial charge in [0.1, 0.15) is 18.3 Å². The van der Waals surface area contributed by atoms with E-state index in [1.807, 2.05) is 44.2 Å². The summed E-state index contributed by atoms with van der Waals surface area (Å²) in [5.41, 5.74) is 1.87. The Morgan fingerprint density at radius 1 is 0.927 bits per heavy atom. The first-order valence-electron chi connectivity index (χ1n) is 13.5. The Kier molecular flexibility index (Phi) is 11.6. The minimum atomic E-state index is -3.90. The van der Waals surface area contributed by atoms with Crippen LogP contribution in [0.4, 0.5) is 5.69 Å². The summed E-state index contributed by atoms with van der Waals surface area (Å²) in [6, 6.07) is 22.2. The minimum Gasteiger partial charge on any atom is -0.492 e. The van der Waals surface area contributed by atoms with Crippen molar-refractivity contribution >= 4 is 39.1 Å². The van der Waals surface area contributed by atoms with E-state index in [1.165, 1.54) is 4.90 Å². The molecule has 0 aliphatic heterocycles. The van der Waals surface area contributed by atoms with E-state index in [0.29, 0.717) is 23.9 Å². The highest BCUT2D eigenvalue weighted by Crippen LogP contribution is 2.30. The zero-order valence-electron chi connectivity index (χ0n) is 23.9. The van der Waals surface area contributed by atoms with E-state index in [9.17, 15) is 18.0 Å². The molecule has 220 valence electrons. The van der Waals surface area contributed by atoms with Crippen LogP contribution in [0.5, 0.6) is 5.75 Å². The smallest absolute Gasteiger partial charge is 0.244 e. The predicted molar refractivity (Wildman–Crippen MR) is 164 cm³/mol. The third kappa shape index (κ3) is 9.50. The topological polar surface area (TPSA) is 96.0 Å². The molecule has 1 atom stereocenters. The van der Waals surface area contributed by atoms with Crippen LogP contribution in [0.1, 0.15) is 31.9 Å². The molecule has 0 aliphatic rings. The maximum atomic E-state index is 14.2. The molecule has 1 N–H and O–H groups in total. The lowest BCUT2D eigenvalue weighted by atomic mass is 10.0. The molecule has 0 spiro atoms. The van der Waals surface area contributed by atoms with Crippen molar-refractivity contribution in [2.24, 2.45) is 5.92 Å². The summed E-state index contributed by atoms with van der Waals surface area (Å²) in [6.45, 7) is 6.09. The summed E-state index contributed by atoms with van der Waals surface area (Å²) in [6.07, 6.45) is 1.29. The Morgan fingerprint density at radius 2 is 1.56 bits per heavy atom. The van der Waals surface area contributed by atoms with Crippen molar-refractivity contribution in [3.8, 4) is 5.75 Å². The lowest BCUT2D eigenvalue weighted by Gasteiger charge is -2.34. The number of para-hydroxylation sites is 2. The largest absolute Gasteiger partial charge is 0.492 e. The molecule has 41 heavy (non-hydrogen) atoms. The molecule has 0 fully saturated rings. The molecule has 2 amide bonds. The molecule has 0 aromatic heterocycles. The average molecular weight is 600 g/mol. The number of carbonyl (C=O) groups excluding carboxylic acids is 2. The van der Waals surface area contributed by atoms with Gasteiger partial charge in [-0.15, -0.1) is 0 Å². The number of sulfonamides is 1. The lowest BCUT2D eigenvalue weighted by molar-refractivity contribution is -0.140. The van der Waals surface area contributed by atoms with Crippen molar-refractivity contribution in [2.75, 3.05) is 30.3 Å². The van der Waals surface area contributed by atoms with Crippen LogP contribution >= 0.6 is 11.6 Å². The molecule has 3 aromatic carbocycles. The van der Waals surface area contributed by atoms with Gasteiger partial charge in [0.15, 0.2) is 0 Å². The van der Waals surface area contributed by atoms with E-state index in [1.54, 1.807) is 55.5 Å². The van der Waals surface area contributed by atoms with Crippen LogP contribution in [-0.4, -0.2) is 57.1 Å². The van der Waals surface area contributed by atoms with Crippen molar-refractivity contribution in [3.63, 3.8) is 0 Å². The maximum Gasteiger partial charge on any atom is 0.244 e. The van der Waals surface area contributed by atoms with Crippen LogP contribution in [0, 0.1) is 5.92 Å². The SMILES string of the molecule is CCOc1ccccc1N(CC(=O)N(Cc1ccc(Cl)cc1)[C@H](Cc1ccccc1)C(=O)NCC(C)C)S(C)(=O)=O. The number of amides is 2. The third-order valence-electron chi connectivity index (χ3n) is 6.33. The Hall–Kier alpha value is -3.56. The van der Waals surface area contributed by atoms with Gasteiger partial charge in [0, 0.05) is 24.5 Å².